The van der Waals surface area contributed by atoms with E-state index in [2.05, 4.69) is 15.5 Å². The van der Waals surface area contributed by atoms with E-state index in [0.717, 1.165) is 18.4 Å². The summed E-state index contributed by atoms with van der Waals surface area (Å²) in [6, 6.07) is 11.6. The molecule has 180 valence electrons. The largest absolute Gasteiger partial charge is 0.465 e. The molecule has 1 N–H and O–H groups in total. The molecular formula is C24H22N4O5S2. The van der Waals surface area contributed by atoms with Gasteiger partial charge < -0.3 is 4.74 Å². The smallest absolute Gasteiger partial charge is 0.337 e. The minimum atomic E-state index is -0.439. The molecule has 0 saturated heterocycles. The molecule has 4 rings (SSSR count). The number of hydrogen-bond donors (Lipinski definition) is 1. The van der Waals surface area contributed by atoms with Crippen LogP contribution < -0.4 is 5.32 Å². The van der Waals surface area contributed by atoms with Crippen molar-refractivity contribution in [1.82, 2.24) is 15.1 Å². The molecule has 1 aliphatic heterocycles. The maximum atomic E-state index is 12.7. The summed E-state index contributed by atoms with van der Waals surface area (Å²) in [4.78, 5) is 50.6. The number of amides is 3. The van der Waals surface area contributed by atoms with E-state index in [1.54, 1.807) is 12.1 Å². The van der Waals surface area contributed by atoms with Crippen molar-refractivity contribution in [2.45, 2.75) is 29.9 Å². The Morgan fingerprint density at radius 2 is 1.74 bits per heavy atom. The Morgan fingerprint density at radius 1 is 1.03 bits per heavy atom. The van der Waals surface area contributed by atoms with Crippen LogP contribution in [-0.4, -0.2) is 52.4 Å². The first kappa shape index (κ1) is 24.6. The fourth-order valence-electron chi connectivity index (χ4n) is 3.44. The molecule has 1 aromatic heterocycles. The summed E-state index contributed by atoms with van der Waals surface area (Å²) in [6.07, 6.45) is 1.60. The SMILES string of the molecule is CCCCN1C(=O)c2ccc(C(=O)Nc3nnc(SCc4ccc(C(=O)OC)cc4)s3)cc2C1=O. The van der Waals surface area contributed by atoms with E-state index < -0.39 is 5.91 Å². The summed E-state index contributed by atoms with van der Waals surface area (Å²) in [5, 5.41) is 11.1. The minimum absolute atomic E-state index is 0.241. The highest BCUT2D eigenvalue weighted by Gasteiger charge is 2.35. The lowest BCUT2D eigenvalue weighted by Gasteiger charge is -2.12. The molecule has 0 spiro atoms. The molecule has 3 aromatic rings. The van der Waals surface area contributed by atoms with Crippen LogP contribution in [0.15, 0.2) is 46.8 Å². The van der Waals surface area contributed by atoms with Gasteiger partial charge in [-0.05, 0) is 42.3 Å². The molecule has 35 heavy (non-hydrogen) atoms. The molecule has 11 heteroatoms. The lowest BCUT2D eigenvalue weighted by molar-refractivity contribution is 0.0598. The number of hydrogen-bond acceptors (Lipinski definition) is 9. The average molecular weight is 511 g/mol. The Bertz CT molecular complexity index is 1290. The first-order valence-electron chi connectivity index (χ1n) is 10.9. The van der Waals surface area contributed by atoms with Crippen LogP contribution in [0.1, 0.15) is 66.8 Å². The van der Waals surface area contributed by atoms with Crippen molar-refractivity contribution in [3.8, 4) is 0 Å². The summed E-state index contributed by atoms with van der Waals surface area (Å²) >= 11 is 2.68. The zero-order valence-corrected chi connectivity index (χ0v) is 20.7. The Labute approximate surface area is 209 Å². The molecule has 2 aromatic carbocycles. The standard InChI is InChI=1S/C24H22N4O5S2/c1-3-4-11-28-20(30)17-10-9-16(12-18(17)21(28)31)19(29)25-23-26-27-24(35-23)34-13-14-5-7-15(8-6-14)22(32)33-2/h5-10,12H,3-4,11,13H2,1-2H3,(H,25,26,29). The zero-order valence-electron chi connectivity index (χ0n) is 19.1. The van der Waals surface area contributed by atoms with Crippen LogP contribution >= 0.6 is 23.1 Å². The highest BCUT2D eigenvalue weighted by molar-refractivity contribution is 8.00. The van der Waals surface area contributed by atoms with Gasteiger partial charge in [-0.1, -0.05) is 48.6 Å². The second kappa shape index (κ2) is 10.8. The number of nitrogens with zero attached hydrogens (tertiary/aromatic N) is 3. The number of methoxy groups -OCH3 is 1. The quantitative estimate of drug-likeness (QED) is 0.196. The van der Waals surface area contributed by atoms with E-state index in [4.69, 9.17) is 4.74 Å². The second-order valence-corrected chi connectivity index (χ2v) is 9.88. The Kier molecular flexibility index (Phi) is 7.57. The molecule has 0 atom stereocenters. The Balaban J connectivity index is 1.37. The van der Waals surface area contributed by atoms with Gasteiger partial charge in [-0.3, -0.25) is 24.6 Å². The molecule has 0 bridgehead atoms. The third kappa shape index (κ3) is 5.41. The van der Waals surface area contributed by atoms with Crippen LogP contribution in [0.25, 0.3) is 0 Å². The number of imide groups is 1. The number of benzene rings is 2. The van der Waals surface area contributed by atoms with Crippen LogP contribution in [0.5, 0.6) is 0 Å². The monoisotopic (exact) mass is 510 g/mol. The number of carbonyl (C=O) groups is 4. The molecule has 0 fully saturated rings. The number of aromatic nitrogens is 2. The first-order valence-corrected chi connectivity index (χ1v) is 12.7. The predicted octanol–water partition coefficient (Wildman–Crippen LogP) is 4.27. The number of thioether (sulfide) groups is 1. The van der Waals surface area contributed by atoms with Gasteiger partial charge in [0.2, 0.25) is 5.13 Å². The summed E-state index contributed by atoms with van der Waals surface area (Å²) in [5.41, 5.74) is 2.29. The van der Waals surface area contributed by atoms with E-state index in [-0.39, 0.29) is 28.9 Å². The van der Waals surface area contributed by atoms with Crippen molar-refractivity contribution >= 4 is 51.9 Å². The number of fused-ring (bicyclic) bond motifs is 1. The highest BCUT2D eigenvalue weighted by atomic mass is 32.2. The van der Waals surface area contributed by atoms with Crippen molar-refractivity contribution in [3.63, 3.8) is 0 Å². The van der Waals surface area contributed by atoms with Gasteiger partial charge in [-0.2, -0.15) is 0 Å². The first-order chi connectivity index (χ1) is 16.9. The van der Waals surface area contributed by atoms with Crippen molar-refractivity contribution in [3.05, 3.63) is 70.3 Å². The second-order valence-electron chi connectivity index (χ2n) is 7.68. The molecule has 0 radical (unpaired) electrons. The summed E-state index contributed by atoms with van der Waals surface area (Å²) in [6.45, 7) is 2.35. The van der Waals surface area contributed by atoms with Crippen LogP contribution in [-0.2, 0) is 10.5 Å². The highest BCUT2D eigenvalue weighted by Crippen LogP contribution is 2.29. The third-order valence-corrected chi connectivity index (χ3v) is 7.38. The van der Waals surface area contributed by atoms with Gasteiger partial charge in [0.1, 0.15) is 0 Å². The van der Waals surface area contributed by atoms with Crippen LogP contribution in [0.2, 0.25) is 0 Å². The van der Waals surface area contributed by atoms with Crippen molar-refractivity contribution in [2.24, 2.45) is 0 Å². The number of nitrogens with one attached hydrogen (secondary N) is 1. The Morgan fingerprint density at radius 3 is 2.46 bits per heavy atom. The van der Waals surface area contributed by atoms with Gasteiger partial charge in [0, 0.05) is 17.9 Å². The van der Waals surface area contributed by atoms with Crippen molar-refractivity contribution in [2.75, 3.05) is 19.0 Å². The molecule has 2 heterocycles. The fourth-order valence-corrected chi connectivity index (χ4v) is 5.14. The molecule has 1 aliphatic rings. The van der Waals surface area contributed by atoms with Gasteiger partial charge in [0.15, 0.2) is 4.34 Å². The van der Waals surface area contributed by atoms with Gasteiger partial charge in [0.05, 0.1) is 23.8 Å². The van der Waals surface area contributed by atoms with Gasteiger partial charge in [-0.25, -0.2) is 4.79 Å². The lowest BCUT2D eigenvalue weighted by Crippen LogP contribution is -2.30. The molecule has 0 saturated carbocycles. The zero-order chi connectivity index (χ0) is 24.9. The Hall–Kier alpha value is -3.57. The minimum Gasteiger partial charge on any atom is -0.465 e. The molecular weight excluding hydrogens is 488 g/mol. The number of carbonyl (C=O) groups excluding carboxylic acids is 4. The maximum absolute atomic E-state index is 12.7. The van der Waals surface area contributed by atoms with Gasteiger partial charge >= 0.3 is 5.97 Å². The molecule has 0 unspecified atom stereocenters. The number of anilines is 1. The number of unbranched alkanes of at least 4 members (excludes halogenated alkanes) is 1. The van der Waals surface area contributed by atoms with E-state index in [9.17, 15) is 19.2 Å². The predicted molar refractivity (Wildman–Crippen MR) is 132 cm³/mol. The van der Waals surface area contributed by atoms with Gasteiger partial charge in [0.25, 0.3) is 17.7 Å². The molecule has 9 nitrogen and oxygen atoms in total. The lowest BCUT2D eigenvalue weighted by atomic mass is 10.1. The van der Waals surface area contributed by atoms with Crippen LogP contribution in [0, 0.1) is 0 Å². The van der Waals surface area contributed by atoms with E-state index in [1.807, 2.05) is 19.1 Å². The third-order valence-electron chi connectivity index (χ3n) is 5.33. The van der Waals surface area contributed by atoms with Crippen molar-refractivity contribution < 1.29 is 23.9 Å². The summed E-state index contributed by atoms with van der Waals surface area (Å²) in [7, 11) is 1.34. The number of esters is 1. The average Bonchev–Trinajstić information content (AvgIpc) is 3.42. The summed E-state index contributed by atoms with van der Waals surface area (Å²) in [5.74, 6) is -0.911. The topological polar surface area (TPSA) is 119 Å². The van der Waals surface area contributed by atoms with E-state index in [1.165, 1.54) is 53.3 Å². The number of ether oxygens (including phenoxy) is 1. The normalized spacial score (nSPS) is 12.6. The van der Waals surface area contributed by atoms with Crippen LogP contribution in [0.4, 0.5) is 5.13 Å². The molecule has 0 aliphatic carbocycles. The van der Waals surface area contributed by atoms with Crippen molar-refractivity contribution in [1.29, 1.82) is 0 Å². The van der Waals surface area contributed by atoms with E-state index in [0.29, 0.717) is 32.9 Å². The fraction of sp³-hybridized carbons (Fsp3) is 0.250. The number of rotatable bonds is 9. The van der Waals surface area contributed by atoms with E-state index >= 15 is 0 Å². The van der Waals surface area contributed by atoms with Crippen LogP contribution in [0.3, 0.4) is 0 Å². The van der Waals surface area contributed by atoms with Gasteiger partial charge in [-0.15, -0.1) is 10.2 Å². The maximum Gasteiger partial charge on any atom is 0.337 e. The molecule has 3 amide bonds. The summed E-state index contributed by atoms with van der Waals surface area (Å²) < 4.78 is 5.36.